The van der Waals surface area contributed by atoms with Gasteiger partial charge >= 0.3 is 6.03 Å². The summed E-state index contributed by atoms with van der Waals surface area (Å²) in [7, 11) is 3.90. The molecule has 0 unspecified atom stereocenters. The Morgan fingerprint density at radius 3 is 2.33 bits per heavy atom. The number of hydrazine groups is 1. The summed E-state index contributed by atoms with van der Waals surface area (Å²) in [6.07, 6.45) is 0. The summed E-state index contributed by atoms with van der Waals surface area (Å²) in [6.45, 7) is 3.22. The van der Waals surface area contributed by atoms with E-state index in [2.05, 4.69) is 16.2 Å². The van der Waals surface area contributed by atoms with Gasteiger partial charge in [-0.25, -0.2) is 10.2 Å². The molecule has 1 aromatic rings. The molecule has 0 aliphatic rings. The monoisotopic (exact) mass is 250 g/mol. The summed E-state index contributed by atoms with van der Waals surface area (Å²) in [4.78, 5) is 24.0. The summed E-state index contributed by atoms with van der Waals surface area (Å²) >= 11 is 0. The normalized spacial score (nSPS) is 9.56. The van der Waals surface area contributed by atoms with Crippen LogP contribution in [0.4, 0.5) is 16.2 Å². The number of nitrogens with one attached hydrogen (secondary N) is 3. The third-order valence-electron chi connectivity index (χ3n) is 2.33. The summed E-state index contributed by atoms with van der Waals surface area (Å²) < 4.78 is 0. The van der Waals surface area contributed by atoms with E-state index in [0.717, 1.165) is 11.3 Å². The molecular weight excluding hydrogens is 232 g/mol. The third-order valence-corrected chi connectivity index (χ3v) is 2.33. The van der Waals surface area contributed by atoms with Crippen molar-refractivity contribution >= 4 is 23.3 Å². The number of benzene rings is 1. The zero-order valence-electron chi connectivity index (χ0n) is 11.0. The molecule has 0 fully saturated rings. The SMILES string of the molecule is CC(=O)NNC(=O)Nc1ccc(N(C)C)cc1C. The fraction of sp³-hybridized carbons (Fsp3) is 0.333. The number of rotatable bonds is 2. The quantitative estimate of drug-likeness (QED) is 0.691. The molecule has 0 bridgehead atoms. The molecule has 0 saturated heterocycles. The van der Waals surface area contributed by atoms with Crippen LogP contribution in [-0.4, -0.2) is 26.0 Å². The predicted molar refractivity (Wildman–Crippen MR) is 71.5 cm³/mol. The lowest BCUT2D eigenvalue weighted by Gasteiger charge is -2.15. The topological polar surface area (TPSA) is 73.5 Å². The first-order chi connectivity index (χ1) is 8.40. The summed E-state index contributed by atoms with van der Waals surface area (Å²) in [5, 5.41) is 2.65. The van der Waals surface area contributed by atoms with E-state index < -0.39 is 6.03 Å². The molecule has 0 aliphatic carbocycles. The Morgan fingerprint density at radius 2 is 1.83 bits per heavy atom. The van der Waals surface area contributed by atoms with Crippen molar-refractivity contribution in [3.63, 3.8) is 0 Å². The largest absolute Gasteiger partial charge is 0.378 e. The zero-order valence-corrected chi connectivity index (χ0v) is 11.0. The van der Waals surface area contributed by atoms with E-state index in [9.17, 15) is 9.59 Å². The highest BCUT2D eigenvalue weighted by molar-refractivity contribution is 5.91. The van der Waals surface area contributed by atoms with E-state index in [1.165, 1.54) is 6.92 Å². The van der Waals surface area contributed by atoms with Gasteiger partial charge in [0.1, 0.15) is 0 Å². The van der Waals surface area contributed by atoms with Gasteiger partial charge in [0.25, 0.3) is 0 Å². The minimum absolute atomic E-state index is 0.329. The van der Waals surface area contributed by atoms with E-state index in [0.29, 0.717) is 5.69 Å². The van der Waals surface area contributed by atoms with E-state index in [1.54, 1.807) is 0 Å². The maximum Gasteiger partial charge on any atom is 0.337 e. The van der Waals surface area contributed by atoms with Crippen molar-refractivity contribution in [3.05, 3.63) is 23.8 Å². The smallest absolute Gasteiger partial charge is 0.337 e. The van der Waals surface area contributed by atoms with E-state index in [4.69, 9.17) is 0 Å². The number of hydrogen-bond donors (Lipinski definition) is 3. The van der Waals surface area contributed by atoms with Crippen LogP contribution in [0.1, 0.15) is 12.5 Å². The molecule has 0 aromatic heterocycles. The highest BCUT2D eigenvalue weighted by Crippen LogP contribution is 2.20. The second kappa shape index (κ2) is 5.90. The van der Waals surface area contributed by atoms with Gasteiger partial charge in [0.2, 0.25) is 5.91 Å². The Kier molecular flexibility index (Phi) is 4.53. The zero-order chi connectivity index (χ0) is 13.7. The molecule has 0 spiro atoms. The molecule has 0 saturated carbocycles. The summed E-state index contributed by atoms with van der Waals surface area (Å²) in [5.41, 5.74) is 7.14. The fourth-order valence-electron chi connectivity index (χ4n) is 1.36. The van der Waals surface area contributed by atoms with Crippen LogP contribution in [0.25, 0.3) is 0 Å². The molecule has 3 N–H and O–H groups in total. The lowest BCUT2D eigenvalue weighted by molar-refractivity contribution is -0.119. The molecule has 0 radical (unpaired) electrons. The average molecular weight is 250 g/mol. The van der Waals surface area contributed by atoms with Crippen LogP contribution in [0.3, 0.4) is 0 Å². The van der Waals surface area contributed by atoms with Gasteiger partial charge in [-0.05, 0) is 30.7 Å². The van der Waals surface area contributed by atoms with Crippen LogP contribution in [0.15, 0.2) is 18.2 Å². The van der Waals surface area contributed by atoms with Crippen LogP contribution in [0.2, 0.25) is 0 Å². The standard InChI is InChI=1S/C12H18N4O2/c1-8-7-10(16(3)4)5-6-11(8)13-12(18)15-14-9(2)17/h5-7H,1-4H3,(H,14,17)(H2,13,15,18). The van der Waals surface area contributed by atoms with Gasteiger partial charge in [0, 0.05) is 32.4 Å². The second-order valence-electron chi connectivity index (χ2n) is 4.15. The third kappa shape index (κ3) is 3.97. The number of anilines is 2. The molecule has 6 heteroatoms. The highest BCUT2D eigenvalue weighted by Gasteiger charge is 2.05. The molecule has 1 rings (SSSR count). The number of aryl methyl sites for hydroxylation is 1. The first-order valence-electron chi connectivity index (χ1n) is 5.51. The van der Waals surface area contributed by atoms with Crippen LogP contribution in [0, 0.1) is 6.92 Å². The van der Waals surface area contributed by atoms with Gasteiger partial charge in [0.05, 0.1) is 0 Å². The summed E-state index contributed by atoms with van der Waals surface area (Å²) in [6, 6.07) is 5.21. The number of amides is 3. The molecule has 0 heterocycles. The number of carbonyl (C=O) groups excluding carboxylic acids is 2. The minimum Gasteiger partial charge on any atom is -0.378 e. The van der Waals surface area contributed by atoms with E-state index in [1.807, 2.05) is 44.1 Å². The van der Waals surface area contributed by atoms with Crippen molar-refractivity contribution in [2.45, 2.75) is 13.8 Å². The van der Waals surface area contributed by atoms with Crippen LogP contribution in [0.5, 0.6) is 0 Å². The van der Waals surface area contributed by atoms with Crippen LogP contribution >= 0.6 is 0 Å². The van der Waals surface area contributed by atoms with Gasteiger partial charge < -0.3 is 10.2 Å². The van der Waals surface area contributed by atoms with Gasteiger partial charge in [-0.1, -0.05) is 0 Å². The van der Waals surface area contributed by atoms with Gasteiger partial charge in [-0.15, -0.1) is 0 Å². The molecule has 98 valence electrons. The minimum atomic E-state index is -0.481. The fourth-order valence-corrected chi connectivity index (χ4v) is 1.36. The summed E-state index contributed by atoms with van der Waals surface area (Å²) in [5.74, 6) is -0.329. The van der Waals surface area contributed by atoms with Crippen molar-refractivity contribution in [3.8, 4) is 0 Å². The van der Waals surface area contributed by atoms with Crippen LogP contribution in [-0.2, 0) is 4.79 Å². The maximum absolute atomic E-state index is 11.4. The molecule has 1 aromatic carbocycles. The molecule has 3 amide bonds. The Hall–Kier alpha value is -2.24. The Bertz CT molecular complexity index is 457. The molecular formula is C12H18N4O2. The number of hydrogen-bond acceptors (Lipinski definition) is 3. The Labute approximate surface area is 106 Å². The van der Waals surface area contributed by atoms with E-state index in [-0.39, 0.29) is 5.91 Å². The number of urea groups is 1. The van der Waals surface area contributed by atoms with Crippen molar-refractivity contribution in [2.75, 3.05) is 24.3 Å². The Morgan fingerprint density at radius 1 is 1.17 bits per heavy atom. The molecule has 6 nitrogen and oxygen atoms in total. The Balaban J connectivity index is 2.68. The average Bonchev–Trinajstić information content (AvgIpc) is 2.29. The first kappa shape index (κ1) is 13.8. The molecule has 0 aliphatic heterocycles. The molecule has 18 heavy (non-hydrogen) atoms. The van der Waals surface area contributed by atoms with Gasteiger partial charge in [-0.3, -0.25) is 10.2 Å². The van der Waals surface area contributed by atoms with E-state index >= 15 is 0 Å². The van der Waals surface area contributed by atoms with Crippen molar-refractivity contribution in [1.82, 2.24) is 10.9 Å². The van der Waals surface area contributed by atoms with Gasteiger partial charge in [0.15, 0.2) is 0 Å². The number of carbonyl (C=O) groups is 2. The first-order valence-corrected chi connectivity index (χ1v) is 5.51. The predicted octanol–water partition coefficient (Wildman–Crippen LogP) is 1.23. The van der Waals surface area contributed by atoms with Crippen molar-refractivity contribution in [2.24, 2.45) is 0 Å². The van der Waals surface area contributed by atoms with Crippen molar-refractivity contribution < 1.29 is 9.59 Å². The number of nitrogens with zero attached hydrogens (tertiary/aromatic N) is 1. The van der Waals surface area contributed by atoms with Gasteiger partial charge in [-0.2, -0.15) is 0 Å². The highest BCUT2D eigenvalue weighted by atomic mass is 16.2. The molecule has 0 atom stereocenters. The lowest BCUT2D eigenvalue weighted by Crippen LogP contribution is -2.42. The second-order valence-corrected chi connectivity index (χ2v) is 4.15. The van der Waals surface area contributed by atoms with Crippen LogP contribution < -0.4 is 21.1 Å². The maximum atomic E-state index is 11.4. The van der Waals surface area contributed by atoms with Crippen molar-refractivity contribution in [1.29, 1.82) is 0 Å². The lowest BCUT2D eigenvalue weighted by atomic mass is 10.1.